The molecule has 4 aliphatic rings. The zero-order chi connectivity index (χ0) is 41.4. The van der Waals surface area contributed by atoms with Crippen LogP contribution in [0.5, 0.6) is 5.75 Å². The molecule has 4 amide bonds. The molecule has 2 N–H and O–H groups in total. The standard InChI is InChI=1S/C42H33Cl2F4N5O5/c1-3-5-21-6-4-7-28(35(21)54)34-26-16-17-27-33(39(57)53(37(27)55)51(2)36-31(44)18-19-32(49-36)42(46,47)48)29(26)20-30-38(56)52(50-25-14-12-24(45)13-15-25)40(58)41(30,34)22-8-10-23(43)11-9-22/h3-4,6-16,18-19,27,29-30,33-34,50,54H,1,5,17,20H2,2H3. The summed E-state index contributed by atoms with van der Waals surface area (Å²) in [5, 5.41) is 14.6. The number of phenolic OH excluding ortho intramolecular Hbond substituents is 1. The first kappa shape index (κ1) is 39.1. The number of alkyl halides is 3. The highest BCUT2D eigenvalue weighted by molar-refractivity contribution is 6.33. The van der Waals surface area contributed by atoms with Crippen LogP contribution in [0.1, 0.15) is 41.1 Å². The van der Waals surface area contributed by atoms with Gasteiger partial charge >= 0.3 is 6.18 Å². The fourth-order valence-electron chi connectivity index (χ4n) is 9.35. The van der Waals surface area contributed by atoms with Gasteiger partial charge in [-0.25, -0.2) is 9.37 Å². The lowest BCUT2D eigenvalue weighted by molar-refractivity contribution is -0.142. The summed E-state index contributed by atoms with van der Waals surface area (Å²) in [5.74, 6) is -9.34. The summed E-state index contributed by atoms with van der Waals surface area (Å²) in [6.45, 7) is 3.80. The number of imide groups is 2. The second-order valence-corrected chi connectivity index (χ2v) is 15.6. The molecule has 6 atom stereocenters. The lowest BCUT2D eigenvalue weighted by Crippen LogP contribution is -2.53. The van der Waals surface area contributed by atoms with Crippen LogP contribution in [0.3, 0.4) is 0 Å². The minimum absolute atomic E-state index is 0.0141. The maximum atomic E-state index is 15.4. The molecular formula is C42H33Cl2F4N5O5. The Balaban J connectivity index is 1.30. The smallest absolute Gasteiger partial charge is 0.433 e. The van der Waals surface area contributed by atoms with Gasteiger partial charge in [0.1, 0.15) is 17.3 Å². The maximum absolute atomic E-state index is 15.4. The van der Waals surface area contributed by atoms with Gasteiger partial charge in [0.2, 0.25) is 0 Å². The molecule has 4 aromatic rings. The maximum Gasteiger partial charge on any atom is 0.433 e. The van der Waals surface area contributed by atoms with Gasteiger partial charge < -0.3 is 5.11 Å². The third kappa shape index (κ3) is 5.95. The van der Waals surface area contributed by atoms with Crippen molar-refractivity contribution in [2.45, 2.75) is 36.8 Å². The van der Waals surface area contributed by atoms with Crippen LogP contribution in [0.25, 0.3) is 0 Å². The van der Waals surface area contributed by atoms with Gasteiger partial charge in [0.25, 0.3) is 23.6 Å². The normalized spacial score (nSPS) is 25.3. The summed E-state index contributed by atoms with van der Waals surface area (Å²) in [7, 11) is 1.21. The number of hydrazine groups is 2. The minimum atomic E-state index is -4.85. The van der Waals surface area contributed by atoms with Crippen molar-refractivity contribution >= 4 is 58.3 Å². The Morgan fingerprint density at radius 3 is 2.34 bits per heavy atom. The number of carbonyl (C=O) groups is 4. The third-order valence-corrected chi connectivity index (χ3v) is 12.3. The molecule has 2 aliphatic carbocycles. The zero-order valence-electron chi connectivity index (χ0n) is 30.5. The lowest BCUT2D eigenvalue weighted by Gasteiger charge is -2.50. The number of carbonyl (C=O) groups excluding carboxylic acids is 4. The van der Waals surface area contributed by atoms with Crippen molar-refractivity contribution in [3.8, 4) is 5.75 Å². The predicted molar refractivity (Wildman–Crippen MR) is 206 cm³/mol. The van der Waals surface area contributed by atoms with Gasteiger partial charge in [-0.05, 0) is 84.8 Å². The minimum Gasteiger partial charge on any atom is -0.507 e. The van der Waals surface area contributed by atoms with E-state index in [1.165, 1.54) is 19.2 Å². The monoisotopic (exact) mass is 833 g/mol. The van der Waals surface area contributed by atoms with Gasteiger partial charge in [0.05, 0.1) is 33.9 Å². The molecule has 6 unspecified atom stereocenters. The summed E-state index contributed by atoms with van der Waals surface area (Å²) >= 11 is 12.7. The second-order valence-electron chi connectivity index (χ2n) is 14.7. The van der Waals surface area contributed by atoms with Crippen molar-refractivity contribution in [3.05, 3.63) is 141 Å². The van der Waals surface area contributed by atoms with Crippen molar-refractivity contribution < 1.29 is 41.8 Å². The Morgan fingerprint density at radius 1 is 0.966 bits per heavy atom. The van der Waals surface area contributed by atoms with E-state index in [-0.39, 0.29) is 41.3 Å². The highest BCUT2D eigenvalue weighted by atomic mass is 35.5. The molecule has 2 saturated heterocycles. The number of hydrogen-bond donors (Lipinski definition) is 2. The Labute approximate surface area is 339 Å². The number of allylic oxidation sites excluding steroid dienone is 3. The first-order valence-electron chi connectivity index (χ1n) is 18.2. The Bertz CT molecular complexity index is 2430. The third-order valence-electron chi connectivity index (χ3n) is 11.8. The summed E-state index contributed by atoms with van der Waals surface area (Å²) in [5.41, 5.74) is 1.73. The van der Waals surface area contributed by atoms with Crippen molar-refractivity contribution in [2.24, 2.45) is 23.7 Å². The topological polar surface area (TPSA) is 123 Å². The molecule has 3 aromatic carbocycles. The lowest BCUT2D eigenvalue weighted by atomic mass is 9.49. The van der Waals surface area contributed by atoms with Crippen LogP contribution < -0.4 is 10.4 Å². The van der Waals surface area contributed by atoms with Gasteiger partial charge in [-0.15, -0.1) is 6.58 Å². The number of pyridine rings is 1. The number of phenols is 1. The molecule has 3 fully saturated rings. The van der Waals surface area contributed by atoms with Crippen LogP contribution in [0.4, 0.5) is 29.1 Å². The van der Waals surface area contributed by atoms with E-state index in [2.05, 4.69) is 17.0 Å². The molecule has 8 rings (SSSR count). The number of hydrogen-bond acceptors (Lipinski definition) is 8. The molecule has 0 spiro atoms. The summed E-state index contributed by atoms with van der Waals surface area (Å²) in [6.07, 6.45) is -1.36. The van der Waals surface area contributed by atoms with Gasteiger partial charge in [-0.1, -0.05) is 71.3 Å². The fraction of sp³-hybridized carbons (Fsp3) is 0.262. The van der Waals surface area contributed by atoms with Gasteiger partial charge in [-0.2, -0.15) is 23.2 Å². The molecule has 1 aromatic heterocycles. The number of aromatic nitrogens is 1. The Kier molecular flexibility index (Phi) is 9.63. The van der Waals surface area contributed by atoms with E-state index in [4.69, 9.17) is 23.2 Å². The summed E-state index contributed by atoms with van der Waals surface area (Å²) < 4.78 is 55.1. The number of aromatic hydroxyl groups is 1. The largest absolute Gasteiger partial charge is 0.507 e. The number of para-hydroxylation sites is 1. The van der Waals surface area contributed by atoms with E-state index < -0.39 is 82.1 Å². The Morgan fingerprint density at radius 2 is 1.67 bits per heavy atom. The summed E-state index contributed by atoms with van der Waals surface area (Å²) in [4.78, 5) is 62.8. The van der Waals surface area contributed by atoms with Crippen LogP contribution in [-0.2, 0) is 37.2 Å². The molecule has 2 aliphatic heterocycles. The van der Waals surface area contributed by atoms with Crippen LogP contribution in [0, 0.1) is 29.5 Å². The van der Waals surface area contributed by atoms with Gasteiger partial charge in [-0.3, -0.25) is 29.6 Å². The average molecular weight is 835 g/mol. The molecule has 0 radical (unpaired) electrons. The van der Waals surface area contributed by atoms with Crippen LogP contribution in [0.15, 0.2) is 103 Å². The molecule has 298 valence electrons. The Hall–Kier alpha value is -5.73. The van der Waals surface area contributed by atoms with Crippen molar-refractivity contribution in [3.63, 3.8) is 0 Å². The first-order chi connectivity index (χ1) is 27.6. The predicted octanol–water partition coefficient (Wildman–Crippen LogP) is 8.02. The second kappa shape index (κ2) is 14.3. The number of rotatable bonds is 8. The zero-order valence-corrected chi connectivity index (χ0v) is 32.0. The van der Waals surface area contributed by atoms with E-state index in [0.29, 0.717) is 27.8 Å². The van der Waals surface area contributed by atoms with Crippen LogP contribution in [0.2, 0.25) is 10.0 Å². The first-order valence-corrected chi connectivity index (χ1v) is 19.0. The molecule has 0 bridgehead atoms. The van der Waals surface area contributed by atoms with Gasteiger partial charge in [0.15, 0.2) is 5.82 Å². The van der Waals surface area contributed by atoms with Crippen LogP contribution in [-0.4, -0.2) is 50.8 Å². The van der Waals surface area contributed by atoms with Crippen molar-refractivity contribution in [1.29, 1.82) is 0 Å². The number of nitrogens with zero attached hydrogens (tertiary/aromatic N) is 4. The SMILES string of the molecule is C=CCc1cccc(C2C3=CCC4C(=O)N(N(C)c5nc(C(F)(F)F)ccc5Cl)C(=O)C4C3CC3C(=O)N(Nc4ccc(F)cc4)C(=O)C32c2ccc(Cl)cc2)c1O. The fourth-order valence-corrected chi connectivity index (χ4v) is 9.71. The molecular weight excluding hydrogens is 801 g/mol. The number of fused-ring (bicyclic) bond motifs is 4. The highest BCUT2D eigenvalue weighted by Gasteiger charge is 2.71. The van der Waals surface area contributed by atoms with Crippen molar-refractivity contribution in [1.82, 2.24) is 15.0 Å². The highest BCUT2D eigenvalue weighted by Crippen LogP contribution is 2.65. The van der Waals surface area contributed by atoms with Crippen molar-refractivity contribution in [2.75, 3.05) is 17.5 Å². The number of nitrogens with one attached hydrogen (secondary N) is 1. The van der Waals surface area contributed by atoms with E-state index in [1.807, 2.05) is 0 Å². The molecule has 16 heteroatoms. The van der Waals surface area contributed by atoms with E-state index in [0.717, 1.165) is 33.2 Å². The van der Waals surface area contributed by atoms with Gasteiger partial charge in [0, 0.05) is 23.6 Å². The number of benzene rings is 3. The number of anilines is 2. The quantitative estimate of drug-likeness (QED) is 0.104. The van der Waals surface area contributed by atoms with Crippen LogP contribution >= 0.6 is 23.2 Å². The van der Waals surface area contributed by atoms with E-state index in [9.17, 15) is 37.1 Å². The average Bonchev–Trinajstić information content (AvgIpc) is 3.57. The molecule has 3 heterocycles. The molecule has 10 nitrogen and oxygen atoms in total. The number of amides is 4. The molecule has 58 heavy (non-hydrogen) atoms. The van der Waals surface area contributed by atoms with E-state index in [1.54, 1.807) is 54.6 Å². The summed E-state index contributed by atoms with van der Waals surface area (Å²) in [6, 6.07) is 18.2. The number of halogens is 6. The van der Waals surface area contributed by atoms with E-state index >= 15 is 4.79 Å². The molecule has 1 saturated carbocycles.